The van der Waals surface area contributed by atoms with Crippen LogP contribution in [-0.4, -0.2) is 47.4 Å². The summed E-state index contributed by atoms with van der Waals surface area (Å²) in [5.74, 6) is 2.26. The maximum absolute atomic E-state index is 13.2. The van der Waals surface area contributed by atoms with Gasteiger partial charge in [-0.2, -0.15) is 0 Å². The molecular weight excluding hydrogens is 414 g/mol. The van der Waals surface area contributed by atoms with Gasteiger partial charge in [0.1, 0.15) is 11.6 Å². The quantitative estimate of drug-likeness (QED) is 0.634. The van der Waals surface area contributed by atoms with Crippen molar-refractivity contribution in [1.82, 2.24) is 9.88 Å². The first-order valence-electron chi connectivity index (χ1n) is 11.2. The highest BCUT2D eigenvalue weighted by atomic mass is 16.5. The van der Waals surface area contributed by atoms with Gasteiger partial charge in [0.05, 0.1) is 30.4 Å². The number of nitrogens with zero attached hydrogens (tertiary/aromatic N) is 3. The molecule has 2 aliphatic rings. The summed E-state index contributed by atoms with van der Waals surface area (Å²) >= 11 is 0. The molecule has 0 aliphatic carbocycles. The number of para-hydroxylation sites is 1. The summed E-state index contributed by atoms with van der Waals surface area (Å²) in [7, 11) is 1.59. The largest absolute Gasteiger partial charge is 0.496 e. The Morgan fingerprint density at radius 1 is 1.06 bits per heavy atom. The van der Waals surface area contributed by atoms with Crippen molar-refractivity contribution in [2.45, 2.75) is 24.9 Å². The van der Waals surface area contributed by atoms with Gasteiger partial charge in [-0.25, -0.2) is 4.98 Å². The molecule has 3 aromatic rings. The van der Waals surface area contributed by atoms with E-state index in [0.29, 0.717) is 30.9 Å². The van der Waals surface area contributed by atoms with E-state index in [1.165, 1.54) is 0 Å². The zero-order valence-electron chi connectivity index (χ0n) is 18.6. The Balaban J connectivity index is 1.39. The number of carbonyl (C=O) groups excluding carboxylic acids is 1. The topological polar surface area (TPSA) is 78.8 Å². The molecule has 1 fully saturated rings. The second-order valence-electron chi connectivity index (χ2n) is 8.37. The molecule has 1 amide bonds. The second-order valence-corrected chi connectivity index (χ2v) is 8.37. The lowest BCUT2D eigenvalue weighted by atomic mass is 9.84. The van der Waals surface area contributed by atoms with Gasteiger partial charge in [0.2, 0.25) is 0 Å². The highest BCUT2D eigenvalue weighted by Crippen LogP contribution is 2.36. The summed E-state index contributed by atoms with van der Waals surface area (Å²) in [4.78, 5) is 24.5. The zero-order chi connectivity index (χ0) is 22.7. The number of aliphatic imine (C=N–C) groups is 1. The summed E-state index contributed by atoms with van der Waals surface area (Å²) in [5, 5.41) is 7.18. The molecular formula is C26H27N5O2. The van der Waals surface area contributed by atoms with Gasteiger partial charge in [0.25, 0.3) is 5.91 Å². The number of amidine groups is 1. The molecule has 0 saturated carbocycles. The normalized spacial score (nSPS) is 17.7. The van der Waals surface area contributed by atoms with Crippen LogP contribution in [0.15, 0.2) is 77.9 Å². The van der Waals surface area contributed by atoms with Gasteiger partial charge < -0.3 is 20.3 Å². The molecule has 5 rings (SSSR count). The average Bonchev–Trinajstić information content (AvgIpc) is 2.88. The van der Waals surface area contributed by atoms with Crippen molar-refractivity contribution < 1.29 is 9.53 Å². The number of aromatic nitrogens is 1. The highest BCUT2D eigenvalue weighted by molar-refractivity contribution is 6.09. The lowest BCUT2D eigenvalue weighted by Crippen LogP contribution is -2.59. The van der Waals surface area contributed by atoms with Crippen LogP contribution in [0.5, 0.6) is 5.75 Å². The summed E-state index contributed by atoms with van der Waals surface area (Å²) in [5.41, 5.74) is 2.33. The van der Waals surface area contributed by atoms with Crippen molar-refractivity contribution in [3.63, 3.8) is 0 Å². The van der Waals surface area contributed by atoms with Crippen LogP contribution in [-0.2, 0) is 6.54 Å². The summed E-state index contributed by atoms with van der Waals surface area (Å²) < 4.78 is 5.40. The standard InChI is InChI=1S/C26H27N5O2/c1-33-22-12-6-5-10-20(22)24(32)31-16-13-26(14-17-31)25(28-18-19-8-3-2-4-9-19)29-23-21(30-26)11-7-15-27-23/h2-12,15,30H,13-14,16-18H2,1H3,(H,27,28,29). The number of nitrogens with one attached hydrogen (secondary N) is 2. The fourth-order valence-corrected chi connectivity index (χ4v) is 4.54. The number of rotatable bonds is 4. The minimum atomic E-state index is -0.373. The van der Waals surface area contributed by atoms with Gasteiger partial charge in [-0.15, -0.1) is 0 Å². The molecule has 3 heterocycles. The summed E-state index contributed by atoms with van der Waals surface area (Å²) in [6.45, 7) is 1.82. The smallest absolute Gasteiger partial charge is 0.257 e. The molecule has 1 aromatic heterocycles. The first-order chi connectivity index (χ1) is 16.2. The van der Waals surface area contributed by atoms with E-state index in [4.69, 9.17) is 9.73 Å². The maximum Gasteiger partial charge on any atom is 0.257 e. The predicted octanol–water partition coefficient (Wildman–Crippen LogP) is 4.20. The van der Waals surface area contributed by atoms with Gasteiger partial charge >= 0.3 is 0 Å². The van der Waals surface area contributed by atoms with Crippen LogP contribution >= 0.6 is 0 Å². The van der Waals surface area contributed by atoms with Crippen molar-refractivity contribution in [2.24, 2.45) is 4.99 Å². The Hall–Kier alpha value is -3.87. The Kier molecular flexibility index (Phi) is 5.69. The van der Waals surface area contributed by atoms with Crippen LogP contribution in [0.25, 0.3) is 0 Å². The van der Waals surface area contributed by atoms with Crippen LogP contribution < -0.4 is 15.4 Å². The van der Waals surface area contributed by atoms with E-state index in [1.807, 2.05) is 59.5 Å². The molecule has 7 heteroatoms. The molecule has 168 valence electrons. The molecule has 2 aliphatic heterocycles. The number of hydrogen-bond acceptors (Lipinski definition) is 5. The lowest BCUT2D eigenvalue weighted by molar-refractivity contribution is 0.0701. The Morgan fingerprint density at radius 2 is 1.82 bits per heavy atom. The van der Waals surface area contributed by atoms with E-state index in [1.54, 1.807) is 13.3 Å². The highest BCUT2D eigenvalue weighted by Gasteiger charge is 2.44. The van der Waals surface area contributed by atoms with Crippen molar-refractivity contribution in [3.05, 3.63) is 84.1 Å². The third-order valence-corrected chi connectivity index (χ3v) is 6.38. The van der Waals surface area contributed by atoms with Gasteiger partial charge in [-0.3, -0.25) is 9.79 Å². The van der Waals surface area contributed by atoms with E-state index in [-0.39, 0.29) is 11.4 Å². The molecule has 2 N–H and O–H groups in total. The molecule has 0 radical (unpaired) electrons. The fourth-order valence-electron chi connectivity index (χ4n) is 4.54. The minimum Gasteiger partial charge on any atom is -0.496 e. The van der Waals surface area contributed by atoms with Gasteiger partial charge in [0, 0.05) is 19.3 Å². The average molecular weight is 442 g/mol. The Bertz CT molecular complexity index is 1170. The second kappa shape index (κ2) is 8.94. The van der Waals surface area contributed by atoms with Gasteiger partial charge in [-0.1, -0.05) is 42.5 Å². The van der Waals surface area contributed by atoms with Crippen molar-refractivity contribution in [3.8, 4) is 5.75 Å². The third kappa shape index (κ3) is 4.14. The van der Waals surface area contributed by atoms with E-state index < -0.39 is 0 Å². The molecule has 2 aromatic carbocycles. The summed E-state index contributed by atoms with van der Waals surface area (Å²) in [6, 6.07) is 21.5. The van der Waals surface area contributed by atoms with E-state index in [9.17, 15) is 4.79 Å². The van der Waals surface area contributed by atoms with E-state index in [2.05, 4.69) is 27.8 Å². The minimum absolute atomic E-state index is 0.00379. The maximum atomic E-state index is 13.2. The van der Waals surface area contributed by atoms with Crippen molar-refractivity contribution >= 4 is 23.2 Å². The Labute approximate surface area is 193 Å². The van der Waals surface area contributed by atoms with Crippen molar-refractivity contribution in [2.75, 3.05) is 30.8 Å². The molecule has 1 spiro atoms. The Morgan fingerprint density at radius 3 is 2.61 bits per heavy atom. The van der Waals surface area contributed by atoms with Gasteiger partial charge in [0.15, 0.2) is 5.82 Å². The monoisotopic (exact) mass is 441 g/mol. The first-order valence-corrected chi connectivity index (χ1v) is 11.2. The van der Waals surface area contributed by atoms with Gasteiger partial charge in [-0.05, 0) is 42.7 Å². The van der Waals surface area contributed by atoms with E-state index >= 15 is 0 Å². The molecule has 33 heavy (non-hydrogen) atoms. The number of hydrogen-bond donors (Lipinski definition) is 2. The number of likely N-dealkylation sites (tertiary alicyclic amines) is 1. The first kappa shape index (κ1) is 21.0. The number of methoxy groups -OCH3 is 1. The number of benzene rings is 2. The van der Waals surface area contributed by atoms with Crippen LogP contribution in [0.1, 0.15) is 28.8 Å². The molecule has 0 atom stereocenters. The predicted molar refractivity (Wildman–Crippen MR) is 130 cm³/mol. The lowest BCUT2D eigenvalue weighted by Gasteiger charge is -2.46. The summed E-state index contributed by atoms with van der Waals surface area (Å²) in [6.07, 6.45) is 3.25. The number of carbonyl (C=O) groups is 1. The molecule has 1 saturated heterocycles. The number of fused-ring (bicyclic) bond motifs is 1. The number of ether oxygens (including phenoxy) is 1. The number of pyridine rings is 1. The van der Waals surface area contributed by atoms with E-state index in [0.717, 1.165) is 35.7 Å². The van der Waals surface area contributed by atoms with Crippen LogP contribution in [0.2, 0.25) is 0 Å². The molecule has 7 nitrogen and oxygen atoms in total. The van der Waals surface area contributed by atoms with Crippen LogP contribution in [0.3, 0.4) is 0 Å². The number of amides is 1. The number of anilines is 2. The van der Waals surface area contributed by atoms with Crippen LogP contribution in [0.4, 0.5) is 11.5 Å². The van der Waals surface area contributed by atoms with Crippen molar-refractivity contribution in [1.29, 1.82) is 0 Å². The number of piperidine rings is 1. The third-order valence-electron chi connectivity index (χ3n) is 6.38. The fraction of sp³-hybridized carbons (Fsp3) is 0.269. The molecule has 0 unspecified atom stereocenters. The molecule has 0 bridgehead atoms. The zero-order valence-corrected chi connectivity index (χ0v) is 18.6. The SMILES string of the molecule is COc1ccccc1C(=O)N1CCC2(CC1)Nc1cccnc1NC2=NCc1ccccc1. The van der Waals surface area contributed by atoms with Crippen LogP contribution in [0, 0.1) is 0 Å².